The summed E-state index contributed by atoms with van der Waals surface area (Å²) in [7, 11) is 0. The number of aliphatic hydroxyl groups is 1. The zero-order valence-corrected chi connectivity index (χ0v) is 22.8. The van der Waals surface area contributed by atoms with Gasteiger partial charge in [-0.3, -0.25) is 19.3 Å². The van der Waals surface area contributed by atoms with E-state index in [0.717, 1.165) is 5.56 Å². The van der Waals surface area contributed by atoms with E-state index in [2.05, 4.69) is 19.9 Å². The van der Waals surface area contributed by atoms with Crippen LogP contribution in [0.15, 0.2) is 47.7 Å². The molecule has 1 N–H and O–H groups in total. The number of hydrogen-bond acceptors (Lipinski definition) is 7. The summed E-state index contributed by atoms with van der Waals surface area (Å²) in [6, 6.07) is 6.46. The van der Waals surface area contributed by atoms with Crippen LogP contribution in [0.5, 0.6) is 5.75 Å². The van der Waals surface area contributed by atoms with Crippen LogP contribution in [0.2, 0.25) is 5.02 Å². The van der Waals surface area contributed by atoms with Crippen LogP contribution in [-0.2, 0) is 12.2 Å². The number of aromatic nitrogens is 5. The third-order valence-corrected chi connectivity index (χ3v) is 6.31. The number of hydrogen-bond donors (Lipinski definition) is 1. The van der Waals surface area contributed by atoms with Crippen LogP contribution in [0.3, 0.4) is 0 Å². The summed E-state index contributed by atoms with van der Waals surface area (Å²) in [6.45, 7) is 10.5. The smallest absolute Gasteiger partial charge is 0.277 e. The molecule has 0 aromatic carbocycles. The van der Waals surface area contributed by atoms with Crippen LogP contribution in [0.1, 0.15) is 62.0 Å². The Kier molecular flexibility index (Phi) is 7.62. The number of pyridine rings is 3. The minimum atomic E-state index is -1.23. The first-order valence-corrected chi connectivity index (χ1v) is 12.5. The van der Waals surface area contributed by atoms with Crippen molar-refractivity contribution in [1.82, 2.24) is 24.5 Å². The molecule has 198 valence electrons. The second kappa shape index (κ2) is 10.6. The summed E-state index contributed by atoms with van der Waals surface area (Å²) in [5.41, 5.74) is 2.07. The molecule has 38 heavy (non-hydrogen) atoms. The van der Waals surface area contributed by atoms with E-state index < -0.39 is 17.0 Å². The Labute approximate surface area is 225 Å². The van der Waals surface area contributed by atoms with Crippen molar-refractivity contribution >= 4 is 11.6 Å². The molecule has 4 heterocycles. The standard InChI is InChI=1S/C28H29ClFN5O3/c1-15(2)18-13-33-21(20-7-8-31-27(34-20)28(5,6)37)11-23(18)35-17(4)10-24(25(29)26(35)36)38-14-22-19(30)9-16(3)12-32-22/h7-13,15,37H,14H2,1-6H3. The molecular formula is C28H29ClFN5O3. The van der Waals surface area contributed by atoms with Crippen molar-refractivity contribution < 1.29 is 14.2 Å². The van der Waals surface area contributed by atoms with Gasteiger partial charge in [-0.2, -0.15) is 0 Å². The number of ether oxygens (including phenoxy) is 1. The molecular weight excluding hydrogens is 509 g/mol. The molecule has 0 saturated heterocycles. The first-order chi connectivity index (χ1) is 17.9. The van der Waals surface area contributed by atoms with Gasteiger partial charge in [-0.05, 0) is 62.9 Å². The first kappa shape index (κ1) is 27.3. The zero-order valence-electron chi connectivity index (χ0n) is 22.1. The van der Waals surface area contributed by atoms with Gasteiger partial charge in [-0.25, -0.2) is 14.4 Å². The molecule has 0 saturated carbocycles. The Morgan fingerprint density at radius 3 is 2.50 bits per heavy atom. The third-order valence-electron chi connectivity index (χ3n) is 5.96. The summed E-state index contributed by atoms with van der Waals surface area (Å²) in [5, 5.41) is 10.2. The lowest BCUT2D eigenvalue weighted by atomic mass is 10.0. The Hall–Kier alpha value is -3.69. The van der Waals surface area contributed by atoms with Gasteiger partial charge < -0.3 is 9.84 Å². The van der Waals surface area contributed by atoms with Crippen molar-refractivity contribution in [3.8, 4) is 22.8 Å². The largest absolute Gasteiger partial charge is 0.485 e. The van der Waals surface area contributed by atoms with E-state index >= 15 is 0 Å². The lowest BCUT2D eigenvalue weighted by Gasteiger charge is -2.20. The molecule has 8 nitrogen and oxygen atoms in total. The van der Waals surface area contributed by atoms with Gasteiger partial charge in [0.2, 0.25) is 0 Å². The van der Waals surface area contributed by atoms with Crippen molar-refractivity contribution in [3.05, 3.63) is 92.4 Å². The van der Waals surface area contributed by atoms with Crippen LogP contribution in [0.4, 0.5) is 4.39 Å². The molecule has 0 unspecified atom stereocenters. The molecule has 4 aromatic heterocycles. The summed E-state index contributed by atoms with van der Waals surface area (Å²) in [6.07, 6.45) is 4.81. The highest BCUT2D eigenvalue weighted by molar-refractivity contribution is 6.31. The lowest BCUT2D eigenvalue weighted by molar-refractivity contribution is 0.0688. The monoisotopic (exact) mass is 537 g/mol. The highest BCUT2D eigenvalue weighted by atomic mass is 35.5. The topological polar surface area (TPSA) is 103 Å². The maximum absolute atomic E-state index is 14.2. The normalized spacial score (nSPS) is 11.7. The molecule has 0 fully saturated rings. The van der Waals surface area contributed by atoms with Crippen molar-refractivity contribution in [2.24, 2.45) is 0 Å². The maximum atomic E-state index is 14.2. The van der Waals surface area contributed by atoms with E-state index in [9.17, 15) is 14.3 Å². The summed E-state index contributed by atoms with van der Waals surface area (Å²) in [4.78, 5) is 30.8. The Balaban J connectivity index is 1.78. The number of aryl methyl sites for hydroxylation is 2. The Morgan fingerprint density at radius 1 is 1.11 bits per heavy atom. The van der Waals surface area contributed by atoms with Gasteiger partial charge >= 0.3 is 0 Å². The van der Waals surface area contributed by atoms with Gasteiger partial charge in [0, 0.05) is 30.4 Å². The average molecular weight is 538 g/mol. The molecule has 0 atom stereocenters. The molecule has 4 aromatic rings. The molecule has 0 aliphatic rings. The van der Waals surface area contributed by atoms with Gasteiger partial charge in [-0.1, -0.05) is 25.4 Å². The van der Waals surface area contributed by atoms with Crippen molar-refractivity contribution in [2.75, 3.05) is 0 Å². The fourth-order valence-corrected chi connectivity index (χ4v) is 4.12. The van der Waals surface area contributed by atoms with E-state index in [4.69, 9.17) is 16.3 Å². The Bertz CT molecular complexity index is 1560. The highest BCUT2D eigenvalue weighted by Gasteiger charge is 2.22. The molecule has 4 rings (SSSR count). The number of halogens is 2. The van der Waals surface area contributed by atoms with Crippen molar-refractivity contribution in [2.45, 2.75) is 59.7 Å². The number of rotatable bonds is 7. The van der Waals surface area contributed by atoms with Crippen LogP contribution in [0.25, 0.3) is 17.1 Å². The van der Waals surface area contributed by atoms with Gasteiger partial charge in [0.1, 0.15) is 34.5 Å². The van der Waals surface area contributed by atoms with E-state index in [-0.39, 0.29) is 34.8 Å². The molecule has 0 radical (unpaired) electrons. The molecule has 0 aliphatic carbocycles. The second-order valence-electron chi connectivity index (χ2n) is 9.94. The van der Waals surface area contributed by atoms with Crippen LogP contribution >= 0.6 is 11.6 Å². The van der Waals surface area contributed by atoms with Crippen molar-refractivity contribution in [1.29, 1.82) is 0 Å². The molecule has 0 amide bonds. The van der Waals surface area contributed by atoms with Gasteiger partial charge in [0.15, 0.2) is 5.82 Å². The van der Waals surface area contributed by atoms with E-state index in [1.54, 1.807) is 64.5 Å². The third kappa shape index (κ3) is 5.58. The van der Waals surface area contributed by atoms with Crippen LogP contribution in [-0.4, -0.2) is 29.6 Å². The van der Waals surface area contributed by atoms with Gasteiger partial charge in [-0.15, -0.1) is 0 Å². The minimum Gasteiger partial charge on any atom is -0.485 e. The predicted octanol–water partition coefficient (Wildman–Crippen LogP) is 5.42. The summed E-state index contributed by atoms with van der Waals surface area (Å²) >= 11 is 6.47. The van der Waals surface area contributed by atoms with Gasteiger partial charge in [0.25, 0.3) is 5.56 Å². The summed E-state index contributed by atoms with van der Waals surface area (Å²) in [5.74, 6) is -0.0584. The predicted molar refractivity (Wildman–Crippen MR) is 143 cm³/mol. The maximum Gasteiger partial charge on any atom is 0.277 e. The summed E-state index contributed by atoms with van der Waals surface area (Å²) < 4.78 is 21.4. The minimum absolute atomic E-state index is 0.0421. The SMILES string of the molecule is Cc1cnc(COc2cc(C)n(-c3cc(-c4ccnc(C(C)(C)O)n4)ncc3C(C)C)c(=O)c2Cl)c(F)c1. The van der Waals surface area contributed by atoms with E-state index in [1.807, 2.05) is 13.8 Å². The average Bonchev–Trinajstić information content (AvgIpc) is 2.85. The molecule has 0 bridgehead atoms. The first-order valence-electron chi connectivity index (χ1n) is 12.1. The molecule has 10 heteroatoms. The zero-order chi connectivity index (χ0) is 27.8. The van der Waals surface area contributed by atoms with E-state index in [1.165, 1.54) is 10.6 Å². The van der Waals surface area contributed by atoms with Crippen molar-refractivity contribution in [3.63, 3.8) is 0 Å². The fourth-order valence-electron chi connectivity index (χ4n) is 3.93. The Morgan fingerprint density at radius 2 is 1.84 bits per heavy atom. The van der Waals surface area contributed by atoms with E-state index in [0.29, 0.717) is 28.3 Å². The highest BCUT2D eigenvalue weighted by Crippen LogP contribution is 2.30. The van der Waals surface area contributed by atoms with Crippen LogP contribution in [0, 0.1) is 19.7 Å². The fraction of sp³-hybridized carbons (Fsp3) is 0.321. The molecule has 0 aliphatic heterocycles. The second-order valence-corrected chi connectivity index (χ2v) is 10.3. The van der Waals surface area contributed by atoms with Crippen LogP contribution < -0.4 is 10.3 Å². The number of nitrogens with zero attached hydrogens (tertiary/aromatic N) is 5. The van der Waals surface area contributed by atoms with Gasteiger partial charge in [0.05, 0.1) is 17.1 Å². The quantitative estimate of drug-likeness (QED) is 0.335. The lowest BCUT2D eigenvalue weighted by Crippen LogP contribution is -2.23. The molecule has 0 spiro atoms.